The molecule has 0 aromatic heterocycles. The van der Waals surface area contributed by atoms with Crippen molar-refractivity contribution in [1.82, 2.24) is 10.2 Å². The van der Waals surface area contributed by atoms with Gasteiger partial charge in [0, 0.05) is 25.2 Å². The molecule has 2 rings (SSSR count). The summed E-state index contributed by atoms with van der Waals surface area (Å²) in [5.41, 5.74) is 0.396. The average molecular weight is 254 g/mol. The quantitative estimate of drug-likeness (QED) is 0.789. The van der Waals surface area contributed by atoms with Gasteiger partial charge in [0.1, 0.15) is 0 Å². The molecular weight excluding hydrogens is 224 g/mol. The van der Waals surface area contributed by atoms with Gasteiger partial charge in [-0.15, -0.1) is 0 Å². The van der Waals surface area contributed by atoms with Crippen molar-refractivity contribution >= 4 is 0 Å². The summed E-state index contributed by atoms with van der Waals surface area (Å²) < 4.78 is 0. The van der Waals surface area contributed by atoms with E-state index in [0.29, 0.717) is 12.0 Å². The summed E-state index contributed by atoms with van der Waals surface area (Å²) in [5.74, 6) is 0.720. The Hall–Kier alpha value is -0.120. The zero-order chi connectivity index (χ0) is 13.2. The average Bonchev–Trinajstić information content (AvgIpc) is 2.54. The van der Waals surface area contributed by atoms with Crippen molar-refractivity contribution in [3.8, 4) is 0 Å². The molecule has 1 aliphatic heterocycles. The van der Waals surface area contributed by atoms with E-state index in [1.165, 1.54) is 12.8 Å². The highest BCUT2D eigenvalue weighted by Gasteiger charge is 2.45. The summed E-state index contributed by atoms with van der Waals surface area (Å²) in [6, 6.07) is 0. The van der Waals surface area contributed by atoms with Crippen LogP contribution in [-0.2, 0) is 0 Å². The van der Waals surface area contributed by atoms with Gasteiger partial charge in [0.2, 0.25) is 0 Å². The lowest BCUT2D eigenvalue weighted by Crippen LogP contribution is -2.58. The zero-order valence-electron chi connectivity index (χ0n) is 12.3. The van der Waals surface area contributed by atoms with Crippen molar-refractivity contribution in [2.24, 2.45) is 11.3 Å². The second-order valence-corrected chi connectivity index (χ2v) is 7.33. The van der Waals surface area contributed by atoms with Gasteiger partial charge >= 0.3 is 0 Å². The van der Waals surface area contributed by atoms with Crippen LogP contribution in [0, 0.1) is 11.3 Å². The summed E-state index contributed by atoms with van der Waals surface area (Å²) in [7, 11) is 0. The lowest BCUT2D eigenvalue weighted by Gasteiger charge is -2.52. The van der Waals surface area contributed by atoms with Gasteiger partial charge < -0.3 is 10.4 Å². The van der Waals surface area contributed by atoms with E-state index in [2.05, 4.69) is 31.0 Å². The highest BCUT2D eigenvalue weighted by molar-refractivity contribution is 5.00. The smallest absolute Gasteiger partial charge is 0.0615 e. The Labute approximate surface area is 112 Å². The normalized spacial score (nSPS) is 38.3. The molecule has 106 valence electrons. The molecule has 2 unspecified atom stereocenters. The molecular formula is C15H30N2O. The predicted octanol–water partition coefficient (Wildman–Crippen LogP) is 1.86. The number of rotatable bonds is 2. The van der Waals surface area contributed by atoms with E-state index in [0.717, 1.165) is 44.9 Å². The van der Waals surface area contributed by atoms with E-state index < -0.39 is 0 Å². The number of hydrogen-bond donors (Lipinski definition) is 2. The third-order valence-corrected chi connectivity index (χ3v) is 4.74. The number of hydrogen-bond acceptors (Lipinski definition) is 3. The Bertz CT molecular complexity index is 272. The number of aliphatic hydroxyl groups is 1. The maximum atomic E-state index is 10.1. The Morgan fingerprint density at radius 3 is 2.67 bits per heavy atom. The van der Waals surface area contributed by atoms with E-state index >= 15 is 0 Å². The molecule has 2 atom stereocenters. The zero-order valence-corrected chi connectivity index (χ0v) is 12.3. The van der Waals surface area contributed by atoms with Gasteiger partial charge in [0.25, 0.3) is 0 Å². The van der Waals surface area contributed by atoms with Crippen LogP contribution >= 0.6 is 0 Å². The Morgan fingerprint density at radius 2 is 2.00 bits per heavy atom. The minimum Gasteiger partial charge on any atom is -0.394 e. The van der Waals surface area contributed by atoms with Crippen LogP contribution in [0.1, 0.15) is 46.5 Å². The van der Waals surface area contributed by atoms with Crippen LogP contribution in [0.4, 0.5) is 0 Å². The van der Waals surface area contributed by atoms with Crippen LogP contribution < -0.4 is 5.32 Å². The van der Waals surface area contributed by atoms with E-state index in [9.17, 15) is 5.11 Å². The lowest BCUT2D eigenvalue weighted by molar-refractivity contribution is -0.0485. The van der Waals surface area contributed by atoms with Crippen LogP contribution in [0.5, 0.6) is 0 Å². The van der Waals surface area contributed by atoms with Crippen molar-refractivity contribution in [3.63, 3.8) is 0 Å². The summed E-state index contributed by atoms with van der Waals surface area (Å²) >= 11 is 0. The molecule has 3 heteroatoms. The fourth-order valence-electron chi connectivity index (χ4n) is 4.48. The summed E-state index contributed by atoms with van der Waals surface area (Å²) in [5, 5.41) is 13.5. The molecule has 1 saturated heterocycles. The highest BCUT2D eigenvalue weighted by atomic mass is 16.3. The van der Waals surface area contributed by atoms with E-state index in [1.807, 2.05) is 0 Å². The van der Waals surface area contributed by atoms with Crippen molar-refractivity contribution in [3.05, 3.63) is 0 Å². The summed E-state index contributed by atoms with van der Waals surface area (Å²) in [6.07, 6.45) is 4.80. The molecule has 0 aromatic carbocycles. The van der Waals surface area contributed by atoms with Gasteiger partial charge in [-0.1, -0.05) is 20.8 Å². The lowest BCUT2D eigenvalue weighted by atomic mass is 9.64. The van der Waals surface area contributed by atoms with E-state index in [4.69, 9.17) is 0 Å². The number of aliphatic hydroxyl groups excluding tert-OH is 1. The first-order chi connectivity index (χ1) is 8.47. The Balaban J connectivity index is 2.17. The van der Waals surface area contributed by atoms with Gasteiger partial charge in [-0.3, -0.25) is 4.90 Å². The molecule has 2 fully saturated rings. The fraction of sp³-hybridized carbons (Fsp3) is 1.00. The van der Waals surface area contributed by atoms with Crippen LogP contribution in [-0.4, -0.2) is 48.3 Å². The second-order valence-electron chi connectivity index (χ2n) is 7.33. The molecule has 3 nitrogen and oxygen atoms in total. The largest absolute Gasteiger partial charge is 0.394 e. The molecule has 1 heterocycles. The first kappa shape index (κ1) is 14.3. The maximum absolute atomic E-state index is 10.1. The van der Waals surface area contributed by atoms with E-state index in [1.54, 1.807) is 0 Å². The molecule has 1 aliphatic carbocycles. The third kappa shape index (κ3) is 3.06. The van der Waals surface area contributed by atoms with Gasteiger partial charge in [0.05, 0.1) is 6.61 Å². The standard InChI is InChI=1S/C15H30N2O/c1-13-9-14(2,3)11-15(10-13,12-18)17-7-4-5-16-6-8-17/h13,16,18H,4-12H2,1-3H3. The maximum Gasteiger partial charge on any atom is 0.0615 e. The third-order valence-electron chi connectivity index (χ3n) is 4.74. The predicted molar refractivity (Wildman–Crippen MR) is 75.7 cm³/mol. The fourth-order valence-corrected chi connectivity index (χ4v) is 4.48. The minimum atomic E-state index is 0.0349. The molecule has 2 aliphatic rings. The number of nitrogens with one attached hydrogen (secondary N) is 1. The van der Waals surface area contributed by atoms with Crippen LogP contribution in [0.3, 0.4) is 0 Å². The van der Waals surface area contributed by atoms with Crippen LogP contribution in [0.2, 0.25) is 0 Å². The molecule has 18 heavy (non-hydrogen) atoms. The highest BCUT2D eigenvalue weighted by Crippen LogP contribution is 2.46. The molecule has 0 radical (unpaired) electrons. The van der Waals surface area contributed by atoms with E-state index in [-0.39, 0.29) is 5.54 Å². The molecule has 0 amide bonds. The Morgan fingerprint density at radius 1 is 1.22 bits per heavy atom. The van der Waals surface area contributed by atoms with Crippen molar-refractivity contribution in [2.75, 3.05) is 32.8 Å². The van der Waals surface area contributed by atoms with Crippen molar-refractivity contribution in [1.29, 1.82) is 0 Å². The first-order valence-electron chi connectivity index (χ1n) is 7.54. The first-order valence-corrected chi connectivity index (χ1v) is 7.54. The van der Waals surface area contributed by atoms with Crippen LogP contribution in [0.15, 0.2) is 0 Å². The monoisotopic (exact) mass is 254 g/mol. The minimum absolute atomic E-state index is 0.0349. The van der Waals surface area contributed by atoms with Crippen molar-refractivity contribution < 1.29 is 5.11 Å². The number of nitrogens with zero attached hydrogens (tertiary/aromatic N) is 1. The topological polar surface area (TPSA) is 35.5 Å². The second kappa shape index (κ2) is 5.48. The van der Waals surface area contributed by atoms with Gasteiger partial charge in [-0.2, -0.15) is 0 Å². The van der Waals surface area contributed by atoms with Crippen molar-refractivity contribution in [2.45, 2.75) is 52.0 Å². The summed E-state index contributed by atoms with van der Waals surface area (Å²) in [4.78, 5) is 2.57. The Kier molecular flexibility index (Phi) is 4.35. The van der Waals surface area contributed by atoms with Gasteiger partial charge in [-0.05, 0) is 43.6 Å². The molecule has 1 saturated carbocycles. The van der Waals surface area contributed by atoms with Gasteiger partial charge in [0.15, 0.2) is 0 Å². The molecule has 0 bridgehead atoms. The van der Waals surface area contributed by atoms with Crippen LogP contribution in [0.25, 0.3) is 0 Å². The SMILES string of the molecule is CC1CC(C)(C)CC(CO)(N2CCCNCC2)C1. The molecule has 0 spiro atoms. The molecule has 2 N–H and O–H groups in total. The molecule has 0 aromatic rings. The van der Waals surface area contributed by atoms with Gasteiger partial charge in [-0.25, -0.2) is 0 Å². The summed E-state index contributed by atoms with van der Waals surface area (Å²) in [6.45, 7) is 11.8.